The van der Waals surface area contributed by atoms with Gasteiger partial charge in [-0.1, -0.05) is 35.9 Å². The van der Waals surface area contributed by atoms with Gasteiger partial charge in [0.2, 0.25) is 5.91 Å². The number of Topliss-reactive ketones (excluding diaryl/α,β-unsaturated/α-hetero) is 1. The number of rotatable bonds is 8. The molecule has 2 saturated heterocycles. The number of ketones is 1. The van der Waals surface area contributed by atoms with Gasteiger partial charge in [-0.3, -0.25) is 14.4 Å². The molecule has 2 heterocycles. The summed E-state index contributed by atoms with van der Waals surface area (Å²) in [5.74, 6) is -1.12. The molecule has 0 saturated carbocycles. The third kappa shape index (κ3) is 5.32. The first kappa shape index (κ1) is 24.4. The van der Waals surface area contributed by atoms with Gasteiger partial charge >= 0.3 is 0 Å². The third-order valence-electron chi connectivity index (χ3n) is 6.63. The lowest BCUT2D eigenvalue weighted by Crippen LogP contribution is -2.47. The van der Waals surface area contributed by atoms with Crippen molar-refractivity contribution >= 4 is 34.9 Å². The third-order valence-corrected chi connectivity index (χ3v) is 6.87. The minimum Gasteiger partial charge on any atom is -0.382 e. The SMILES string of the molecule is O=C(CCc1ccc(N2CCCC2=O)cc1)[C@H](O)[C@@H](O)C(=O)N1CCCC1c1cccc(Cl)c1. The summed E-state index contributed by atoms with van der Waals surface area (Å²) in [5, 5.41) is 21.5. The number of benzene rings is 2. The normalized spacial score (nSPS) is 20.0. The molecule has 2 aromatic rings. The number of aliphatic hydroxyl groups is 2. The Kier molecular flexibility index (Phi) is 7.66. The maximum absolute atomic E-state index is 12.9. The minimum atomic E-state index is -1.81. The molecule has 0 aromatic heterocycles. The average Bonchev–Trinajstić information content (AvgIpc) is 3.50. The predicted octanol–water partition coefficient (Wildman–Crippen LogP) is 3.05. The Morgan fingerprint density at radius 2 is 1.79 bits per heavy atom. The van der Waals surface area contributed by atoms with E-state index >= 15 is 0 Å². The smallest absolute Gasteiger partial charge is 0.255 e. The van der Waals surface area contributed by atoms with Crippen LogP contribution in [-0.4, -0.2) is 58.0 Å². The van der Waals surface area contributed by atoms with Gasteiger partial charge in [-0.05, 0) is 61.1 Å². The van der Waals surface area contributed by atoms with Gasteiger partial charge in [0, 0.05) is 36.6 Å². The molecule has 0 spiro atoms. The molecular formula is C26H29ClN2O5. The lowest BCUT2D eigenvalue weighted by molar-refractivity contribution is -0.153. The van der Waals surface area contributed by atoms with Gasteiger partial charge in [0.15, 0.2) is 11.9 Å². The molecule has 0 radical (unpaired) electrons. The minimum absolute atomic E-state index is 0.00871. The summed E-state index contributed by atoms with van der Waals surface area (Å²) in [4.78, 5) is 40.6. The van der Waals surface area contributed by atoms with Crippen molar-refractivity contribution in [1.29, 1.82) is 0 Å². The Bertz CT molecular complexity index is 1060. The van der Waals surface area contributed by atoms with E-state index in [2.05, 4.69) is 0 Å². The Morgan fingerprint density at radius 3 is 2.47 bits per heavy atom. The highest BCUT2D eigenvalue weighted by Gasteiger charge is 2.38. The van der Waals surface area contributed by atoms with E-state index in [0.29, 0.717) is 31.0 Å². The molecule has 3 atom stereocenters. The van der Waals surface area contributed by atoms with Crippen molar-refractivity contribution in [3.05, 3.63) is 64.7 Å². The van der Waals surface area contributed by atoms with Crippen LogP contribution in [0.25, 0.3) is 0 Å². The number of carbonyl (C=O) groups is 3. The molecule has 2 N–H and O–H groups in total. The first-order chi connectivity index (χ1) is 16.3. The zero-order chi connectivity index (χ0) is 24.2. The number of carbonyl (C=O) groups excluding carboxylic acids is 3. The topological polar surface area (TPSA) is 98.1 Å². The number of hydrogen-bond acceptors (Lipinski definition) is 5. The van der Waals surface area contributed by atoms with Crippen LogP contribution in [0.2, 0.25) is 5.02 Å². The largest absolute Gasteiger partial charge is 0.382 e. The molecule has 1 unspecified atom stereocenters. The summed E-state index contributed by atoms with van der Waals surface area (Å²) in [6.07, 6.45) is -0.339. The number of aliphatic hydroxyl groups excluding tert-OH is 2. The van der Waals surface area contributed by atoms with Crippen molar-refractivity contribution in [1.82, 2.24) is 4.90 Å². The molecule has 2 aliphatic heterocycles. The summed E-state index contributed by atoms with van der Waals surface area (Å²) in [6, 6.07) is 14.4. The Labute approximate surface area is 203 Å². The summed E-state index contributed by atoms with van der Waals surface area (Å²) < 4.78 is 0. The highest BCUT2D eigenvalue weighted by molar-refractivity contribution is 6.30. The average molecular weight is 485 g/mol. The first-order valence-electron chi connectivity index (χ1n) is 11.7. The monoisotopic (exact) mass is 484 g/mol. The fourth-order valence-corrected chi connectivity index (χ4v) is 4.95. The zero-order valence-corrected chi connectivity index (χ0v) is 19.7. The number of nitrogens with zero attached hydrogens (tertiary/aromatic N) is 2. The molecule has 2 aliphatic rings. The van der Waals surface area contributed by atoms with Crippen molar-refractivity contribution in [2.75, 3.05) is 18.0 Å². The molecule has 7 nitrogen and oxygen atoms in total. The van der Waals surface area contributed by atoms with Crippen LogP contribution < -0.4 is 4.90 Å². The molecule has 2 aromatic carbocycles. The van der Waals surface area contributed by atoms with Crippen LogP contribution in [0.1, 0.15) is 49.3 Å². The maximum Gasteiger partial charge on any atom is 0.255 e. The predicted molar refractivity (Wildman–Crippen MR) is 129 cm³/mol. The van der Waals surface area contributed by atoms with Crippen LogP contribution in [0.15, 0.2) is 48.5 Å². The summed E-state index contributed by atoms with van der Waals surface area (Å²) in [6.45, 7) is 1.16. The van der Waals surface area contributed by atoms with E-state index < -0.39 is 23.9 Å². The lowest BCUT2D eigenvalue weighted by atomic mass is 10.00. The molecule has 0 bridgehead atoms. The van der Waals surface area contributed by atoms with Crippen LogP contribution in [0.3, 0.4) is 0 Å². The van der Waals surface area contributed by atoms with E-state index in [1.807, 2.05) is 36.4 Å². The summed E-state index contributed by atoms with van der Waals surface area (Å²) in [7, 11) is 0. The quantitative estimate of drug-likeness (QED) is 0.600. The van der Waals surface area contributed by atoms with Crippen molar-refractivity contribution < 1.29 is 24.6 Å². The van der Waals surface area contributed by atoms with Crippen molar-refractivity contribution in [2.45, 2.75) is 56.8 Å². The fourth-order valence-electron chi connectivity index (χ4n) is 4.75. The molecular weight excluding hydrogens is 456 g/mol. The molecule has 0 aliphatic carbocycles. The lowest BCUT2D eigenvalue weighted by Gasteiger charge is -2.28. The summed E-state index contributed by atoms with van der Waals surface area (Å²) in [5.41, 5.74) is 2.57. The van der Waals surface area contributed by atoms with E-state index in [1.165, 1.54) is 4.90 Å². The van der Waals surface area contributed by atoms with Crippen LogP contribution in [-0.2, 0) is 20.8 Å². The van der Waals surface area contributed by atoms with Crippen molar-refractivity contribution in [3.63, 3.8) is 0 Å². The molecule has 2 amide bonds. The van der Waals surface area contributed by atoms with Gasteiger partial charge in [-0.15, -0.1) is 0 Å². The number of halogens is 1. The standard InChI is InChI=1S/C26H29ClN2O5/c27-19-5-1-4-18(16-19)21-6-2-15-29(21)26(34)25(33)24(32)22(30)13-10-17-8-11-20(12-9-17)28-14-3-7-23(28)31/h1,4-5,8-9,11-12,16,21,24-25,32-33H,2-3,6-7,10,13-15H2/t21?,24-,25+/m0/s1. The Morgan fingerprint density at radius 1 is 1.03 bits per heavy atom. The van der Waals surface area contributed by atoms with Gasteiger partial charge in [-0.25, -0.2) is 0 Å². The number of amides is 2. The highest BCUT2D eigenvalue weighted by Crippen LogP contribution is 2.33. The second-order valence-corrected chi connectivity index (χ2v) is 9.35. The van der Waals surface area contributed by atoms with E-state index in [4.69, 9.17) is 11.6 Å². The van der Waals surface area contributed by atoms with Crippen LogP contribution in [0.4, 0.5) is 5.69 Å². The molecule has 180 valence electrons. The van der Waals surface area contributed by atoms with Gasteiger partial charge < -0.3 is 20.0 Å². The Hall–Kier alpha value is -2.74. The van der Waals surface area contributed by atoms with Gasteiger partial charge in [0.1, 0.15) is 6.10 Å². The first-order valence-corrected chi connectivity index (χ1v) is 12.1. The number of aryl methyl sites for hydroxylation is 1. The number of anilines is 1. The maximum atomic E-state index is 12.9. The molecule has 8 heteroatoms. The van der Waals surface area contributed by atoms with Crippen LogP contribution in [0, 0.1) is 0 Å². The zero-order valence-electron chi connectivity index (χ0n) is 18.9. The number of likely N-dealkylation sites (tertiary alicyclic amines) is 1. The van der Waals surface area contributed by atoms with E-state index in [-0.39, 0.29) is 18.4 Å². The molecule has 2 fully saturated rings. The second kappa shape index (κ2) is 10.7. The van der Waals surface area contributed by atoms with Crippen molar-refractivity contribution in [3.8, 4) is 0 Å². The van der Waals surface area contributed by atoms with Gasteiger partial charge in [0.05, 0.1) is 6.04 Å². The second-order valence-electron chi connectivity index (χ2n) is 8.92. The van der Waals surface area contributed by atoms with E-state index in [9.17, 15) is 24.6 Å². The van der Waals surface area contributed by atoms with Gasteiger partial charge in [0.25, 0.3) is 5.91 Å². The van der Waals surface area contributed by atoms with Crippen LogP contribution >= 0.6 is 11.6 Å². The molecule has 4 rings (SSSR count). The number of hydrogen-bond donors (Lipinski definition) is 2. The van der Waals surface area contributed by atoms with E-state index in [1.54, 1.807) is 17.0 Å². The Balaban J connectivity index is 1.33. The highest BCUT2D eigenvalue weighted by atomic mass is 35.5. The summed E-state index contributed by atoms with van der Waals surface area (Å²) >= 11 is 6.08. The van der Waals surface area contributed by atoms with Gasteiger partial charge in [-0.2, -0.15) is 0 Å². The van der Waals surface area contributed by atoms with Crippen molar-refractivity contribution in [2.24, 2.45) is 0 Å². The van der Waals surface area contributed by atoms with Crippen LogP contribution in [0.5, 0.6) is 0 Å². The fraction of sp³-hybridized carbons (Fsp3) is 0.423. The van der Waals surface area contributed by atoms with E-state index in [0.717, 1.165) is 36.1 Å². The molecule has 34 heavy (non-hydrogen) atoms.